The van der Waals surface area contributed by atoms with Crippen LogP contribution in [0, 0.1) is 21.4 Å². The highest BCUT2D eigenvalue weighted by Crippen LogP contribution is 2.18. The van der Waals surface area contributed by atoms with Crippen LogP contribution in [0.5, 0.6) is 0 Å². The molecule has 90 valence electrons. The minimum absolute atomic E-state index is 0.0950. The van der Waals surface area contributed by atoms with E-state index in [1.807, 2.05) is 6.07 Å². The molecule has 0 saturated carbocycles. The van der Waals surface area contributed by atoms with Crippen molar-refractivity contribution in [2.75, 3.05) is 0 Å². The van der Waals surface area contributed by atoms with Gasteiger partial charge in [-0.1, -0.05) is 18.2 Å². The van der Waals surface area contributed by atoms with Crippen LogP contribution >= 0.6 is 0 Å². The first-order chi connectivity index (χ1) is 8.70. The zero-order valence-electron chi connectivity index (χ0n) is 9.35. The average Bonchev–Trinajstić information content (AvgIpc) is 2.84. The molecule has 2 rings (SSSR count). The summed E-state index contributed by atoms with van der Waals surface area (Å²) in [7, 11) is 0. The van der Waals surface area contributed by atoms with Crippen molar-refractivity contribution in [3.8, 4) is 6.07 Å². The Kier molecular flexibility index (Phi) is 3.29. The largest absolute Gasteiger partial charge is 0.272 e. The van der Waals surface area contributed by atoms with Crippen LogP contribution < -0.4 is 0 Å². The van der Waals surface area contributed by atoms with Crippen LogP contribution in [0.2, 0.25) is 0 Å². The molecule has 2 aromatic rings. The number of para-hydroxylation sites is 1. The van der Waals surface area contributed by atoms with Gasteiger partial charge in [0.15, 0.2) is 0 Å². The number of hydrogen-bond acceptors (Lipinski definition) is 5. The summed E-state index contributed by atoms with van der Waals surface area (Å²) in [4.78, 5) is 14.2. The SMILES string of the molecule is N#Cc1ncn(CCc2ccccc2[N+](=O)[O-])n1. The fraction of sp³-hybridized carbons (Fsp3) is 0.182. The lowest BCUT2D eigenvalue weighted by Crippen LogP contribution is -2.04. The van der Waals surface area contributed by atoms with Gasteiger partial charge in [0.1, 0.15) is 12.4 Å². The molecule has 0 aliphatic rings. The molecule has 0 N–H and O–H groups in total. The number of rotatable bonds is 4. The molecule has 0 bridgehead atoms. The maximum absolute atomic E-state index is 10.8. The predicted octanol–water partition coefficient (Wildman–Crippen LogP) is 1.30. The van der Waals surface area contributed by atoms with E-state index in [1.54, 1.807) is 18.2 Å². The number of nitro groups is 1. The highest BCUT2D eigenvalue weighted by molar-refractivity contribution is 5.39. The summed E-state index contributed by atoms with van der Waals surface area (Å²) in [5, 5.41) is 23.3. The Labute approximate surface area is 102 Å². The Morgan fingerprint density at radius 1 is 1.44 bits per heavy atom. The Hall–Kier alpha value is -2.75. The Morgan fingerprint density at radius 2 is 2.22 bits per heavy atom. The number of nitro benzene ring substituents is 1. The molecule has 18 heavy (non-hydrogen) atoms. The second-order valence-electron chi connectivity index (χ2n) is 3.58. The zero-order chi connectivity index (χ0) is 13.0. The fourth-order valence-corrected chi connectivity index (χ4v) is 1.59. The third-order valence-electron chi connectivity index (χ3n) is 2.44. The van der Waals surface area contributed by atoms with Gasteiger partial charge >= 0.3 is 0 Å². The van der Waals surface area contributed by atoms with E-state index in [0.29, 0.717) is 18.5 Å². The Balaban J connectivity index is 2.11. The number of hydrogen-bond donors (Lipinski definition) is 0. The molecule has 0 spiro atoms. The van der Waals surface area contributed by atoms with Crippen molar-refractivity contribution < 1.29 is 4.92 Å². The van der Waals surface area contributed by atoms with Crippen molar-refractivity contribution in [3.63, 3.8) is 0 Å². The van der Waals surface area contributed by atoms with E-state index in [1.165, 1.54) is 17.1 Å². The molecule has 0 amide bonds. The second kappa shape index (κ2) is 5.05. The maximum atomic E-state index is 10.8. The summed E-state index contributed by atoms with van der Waals surface area (Å²) in [6.07, 6.45) is 1.90. The van der Waals surface area contributed by atoms with E-state index < -0.39 is 4.92 Å². The standard InChI is InChI=1S/C11H9N5O2/c12-7-11-13-8-15(14-11)6-5-9-3-1-2-4-10(9)16(17)18/h1-4,8H,5-6H2. The molecule has 1 heterocycles. The van der Waals surface area contributed by atoms with Crippen LogP contribution in [0.1, 0.15) is 11.4 Å². The van der Waals surface area contributed by atoms with E-state index in [-0.39, 0.29) is 11.5 Å². The monoisotopic (exact) mass is 243 g/mol. The molecule has 0 unspecified atom stereocenters. The predicted molar refractivity (Wildman–Crippen MR) is 61.5 cm³/mol. The van der Waals surface area contributed by atoms with Gasteiger partial charge < -0.3 is 0 Å². The third kappa shape index (κ3) is 2.49. The summed E-state index contributed by atoms with van der Waals surface area (Å²) in [5.74, 6) is 0.0950. The minimum atomic E-state index is -0.405. The summed E-state index contributed by atoms with van der Waals surface area (Å²) < 4.78 is 1.50. The fourth-order valence-electron chi connectivity index (χ4n) is 1.59. The van der Waals surface area contributed by atoms with Crippen molar-refractivity contribution in [1.82, 2.24) is 14.8 Å². The smallest absolute Gasteiger partial charge is 0.258 e. The van der Waals surface area contributed by atoms with E-state index in [2.05, 4.69) is 10.1 Å². The van der Waals surface area contributed by atoms with Gasteiger partial charge in [0.25, 0.3) is 11.5 Å². The Morgan fingerprint density at radius 3 is 2.89 bits per heavy atom. The summed E-state index contributed by atoms with van der Waals surface area (Å²) in [6, 6.07) is 8.39. The lowest BCUT2D eigenvalue weighted by Gasteiger charge is -2.02. The molecule has 0 atom stereocenters. The molecule has 1 aromatic carbocycles. The first-order valence-corrected chi connectivity index (χ1v) is 5.22. The number of nitriles is 1. The first-order valence-electron chi connectivity index (χ1n) is 5.22. The van der Waals surface area contributed by atoms with Crippen molar-refractivity contribution in [2.45, 2.75) is 13.0 Å². The lowest BCUT2D eigenvalue weighted by atomic mass is 10.1. The van der Waals surface area contributed by atoms with Gasteiger partial charge in [-0.3, -0.25) is 14.8 Å². The molecule has 0 fully saturated rings. The molecule has 0 aliphatic carbocycles. The van der Waals surface area contributed by atoms with E-state index in [0.717, 1.165) is 0 Å². The molecule has 1 aromatic heterocycles. The molecule has 0 radical (unpaired) electrons. The second-order valence-corrected chi connectivity index (χ2v) is 3.58. The molecular formula is C11H9N5O2. The van der Waals surface area contributed by atoms with E-state index >= 15 is 0 Å². The molecule has 0 aliphatic heterocycles. The molecule has 7 nitrogen and oxygen atoms in total. The van der Waals surface area contributed by atoms with Crippen LogP contribution in [-0.2, 0) is 13.0 Å². The quantitative estimate of drug-likeness (QED) is 0.595. The third-order valence-corrected chi connectivity index (χ3v) is 2.44. The van der Waals surface area contributed by atoms with Crippen molar-refractivity contribution in [3.05, 3.63) is 52.1 Å². The molecular weight excluding hydrogens is 234 g/mol. The van der Waals surface area contributed by atoms with Gasteiger partial charge in [-0.05, 0) is 6.42 Å². The molecule has 7 heteroatoms. The normalized spacial score (nSPS) is 9.94. The number of nitrogens with zero attached hydrogens (tertiary/aromatic N) is 5. The van der Waals surface area contributed by atoms with Crippen LogP contribution in [0.3, 0.4) is 0 Å². The van der Waals surface area contributed by atoms with Crippen LogP contribution in [0.15, 0.2) is 30.6 Å². The number of aromatic nitrogens is 3. The van der Waals surface area contributed by atoms with Crippen LogP contribution in [0.4, 0.5) is 5.69 Å². The maximum Gasteiger partial charge on any atom is 0.272 e. The van der Waals surface area contributed by atoms with E-state index in [9.17, 15) is 10.1 Å². The first kappa shape index (κ1) is 11.7. The summed E-state index contributed by atoms with van der Waals surface area (Å²) in [5.41, 5.74) is 0.731. The van der Waals surface area contributed by atoms with Gasteiger partial charge in [0.2, 0.25) is 0 Å². The average molecular weight is 243 g/mol. The van der Waals surface area contributed by atoms with E-state index in [4.69, 9.17) is 5.26 Å². The van der Waals surface area contributed by atoms with Crippen molar-refractivity contribution in [1.29, 1.82) is 5.26 Å². The van der Waals surface area contributed by atoms with Crippen LogP contribution in [-0.4, -0.2) is 19.7 Å². The van der Waals surface area contributed by atoms with Gasteiger partial charge in [-0.2, -0.15) is 5.26 Å². The van der Waals surface area contributed by atoms with Gasteiger partial charge in [-0.25, -0.2) is 4.98 Å². The Bertz CT molecular complexity index is 614. The number of benzene rings is 1. The zero-order valence-corrected chi connectivity index (χ0v) is 9.35. The lowest BCUT2D eigenvalue weighted by molar-refractivity contribution is -0.385. The van der Waals surface area contributed by atoms with Gasteiger partial charge in [0, 0.05) is 18.2 Å². The van der Waals surface area contributed by atoms with Crippen molar-refractivity contribution in [2.24, 2.45) is 0 Å². The summed E-state index contributed by atoms with van der Waals surface area (Å²) in [6.45, 7) is 0.444. The number of aryl methyl sites for hydroxylation is 2. The van der Waals surface area contributed by atoms with Gasteiger partial charge in [-0.15, -0.1) is 5.10 Å². The minimum Gasteiger partial charge on any atom is -0.258 e. The highest BCUT2D eigenvalue weighted by Gasteiger charge is 2.12. The topological polar surface area (TPSA) is 97.6 Å². The van der Waals surface area contributed by atoms with Crippen molar-refractivity contribution >= 4 is 5.69 Å². The highest BCUT2D eigenvalue weighted by atomic mass is 16.6. The van der Waals surface area contributed by atoms with Crippen LogP contribution in [0.25, 0.3) is 0 Å². The summed E-state index contributed by atoms with van der Waals surface area (Å²) >= 11 is 0. The molecule has 0 saturated heterocycles. The van der Waals surface area contributed by atoms with Gasteiger partial charge in [0.05, 0.1) is 4.92 Å².